The van der Waals surface area contributed by atoms with Gasteiger partial charge in [0, 0.05) is 0 Å². The number of rotatable bonds is 2. The summed E-state index contributed by atoms with van der Waals surface area (Å²) in [7, 11) is 0. The van der Waals surface area contributed by atoms with Crippen LogP contribution in [0.2, 0.25) is 0 Å². The average molecular weight is 228 g/mol. The maximum atomic E-state index is 15.2. The van der Waals surface area contributed by atoms with Crippen LogP contribution in [0.15, 0.2) is 0 Å². The summed E-state index contributed by atoms with van der Waals surface area (Å²) in [5, 5.41) is 0. The van der Waals surface area contributed by atoms with E-state index in [1.54, 1.807) is 0 Å². The number of hydrogen-bond acceptors (Lipinski definition) is 0. The molecule has 0 radical (unpaired) electrons. The average Bonchev–Trinajstić information content (AvgIpc) is 1.97. The van der Waals surface area contributed by atoms with Crippen molar-refractivity contribution < 1.29 is 4.39 Å². The fraction of sp³-hybridized carbons (Fsp3) is 1.00. The van der Waals surface area contributed by atoms with E-state index < -0.39 is 5.67 Å². The Labute approximate surface area is 101 Å². The molecule has 4 atom stereocenters. The van der Waals surface area contributed by atoms with Crippen molar-refractivity contribution in [3.63, 3.8) is 0 Å². The summed E-state index contributed by atoms with van der Waals surface area (Å²) < 4.78 is 15.2. The summed E-state index contributed by atoms with van der Waals surface area (Å²) in [4.78, 5) is 0. The van der Waals surface area contributed by atoms with E-state index in [0.717, 1.165) is 0 Å². The van der Waals surface area contributed by atoms with Crippen LogP contribution in [0, 0.1) is 35.5 Å². The molecular formula is C15H29F. The molecule has 0 aliphatic heterocycles. The van der Waals surface area contributed by atoms with Crippen LogP contribution in [0.25, 0.3) is 0 Å². The highest BCUT2D eigenvalue weighted by Crippen LogP contribution is 2.52. The Balaban J connectivity index is 3.04. The predicted molar refractivity (Wildman–Crippen MR) is 69.1 cm³/mol. The lowest BCUT2D eigenvalue weighted by Gasteiger charge is -2.51. The van der Waals surface area contributed by atoms with E-state index in [9.17, 15) is 0 Å². The first-order chi connectivity index (χ1) is 7.19. The Morgan fingerprint density at radius 2 is 1.25 bits per heavy atom. The lowest BCUT2D eigenvalue weighted by molar-refractivity contribution is -0.0964. The van der Waals surface area contributed by atoms with Gasteiger partial charge >= 0.3 is 0 Å². The highest BCUT2D eigenvalue weighted by molar-refractivity contribution is 5.00. The van der Waals surface area contributed by atoms with Crippen molar-refractivity contribution in [3.8, 4) is 0 Å². The number of hydrogen-bond donors (Lipinski definition) is 0. The molecular weight excluding hydrogens is 199 g/mol. The molecule has 0 aromatic rings. The van der Waals surface area contributed by atoms with Crippen molar-refractivity contribution in [1.29, 1.82) is 0 Å². The van der Waals surface area contributed by atoms with Crippen molar-refractivity contribution in [2.45, 2.75) is 60.6 Å². The minimum absolute atomic E-state index is 0.219. The van der Waals surface area contributed by atoms with Gasteiger partial charge in [0.2, 0.25) is 0 Å². The molecule has 96 valence electrons. The Hall–Kier alpha value is -0.0700. The zero-order valence-electron chi connectivity index (χ0n) is 12.0. The summed E-state index contributed by atoms with van der Waals surface area (Å²) in [5.41, 5.74) is -1.00. The molecule has 1 fully saturated rings. The van der Waals surface area contributed by atoms with Gasteiger partial charge in [-0.05, 0) is 48.9 Å². The van der Waals surface area contributed by atoms with Gasteiger partial charge in [-0.1, -0.05) is 41.5 Å². The van der Waals surface area contributed by atoms with Crippen molar-refractivity contribution in [3.05, 3.63) is 0 Å². The fourth-order valence-electron chi connectivity index (χ4n) is 4.83. The second kappa shape index (κ2) is 4.66. The summed E-state index contributed by atoms with van der Waals surface area (Å²) in [6.07, 6.45) is 1.19. The molecule has 4 unspecified atom stereocenters. The fourth-order valence-corrected chi connectivity index (χ4v) is 4.83. The van der Waals surface area contributed by atoms with E-state index in [1.165, 1.54) is 6.42 Å². The van der Waals surface area contributed by atoms with E-state index in [4.69, 9.17) is 0 Å². The van der Waals surface area contributed by atoms with Gasteiger partial charge in [-0.15, -0.1) is 0 Å². The largest absolute Gasteiger partial charge is 0.244 e. The minimum Gasteiger partial charge on any atom is -0.244 e. The van der Waals surface area contributed by atoms with Gasteiger partial charge in [0.25, 0.3) is 0 Å². The van der Waals surface area contributed by atoms with Crippen molar-refractivity contribution in [2.75, 3.05) is 0 Å². The zero-order valence-corrected chi connectivity index (χ0v) is 12.0. The molecule has 1 rings (SSSR count). The monoisotopic (exact) mass is 228 g/mol. The van der Waals surface area contributed by atoms with E-state index in [1.807, 2.05) is 6.92 Å². The Morgan fingerprint density at radius 3 is 1.50 bits per heavy atom. The maximum Gasteiger partial charge on any atom is 0.114 e. The van der Waals surface area contributed by atoms with Crippen LogP contribution in [0.1, 0.15) is 54.9 Å². The third-order valence-corrected chi connectivity index (χ3v) is 4.71. The smallest absolute Gasteiger partial charge is 0.114 e. The molecule has 0 bridgehead atoms. The van der Waals surface area contributed by atoms with Gasteiger partial charge in [0.15, 0.2) is 0 Å². The predicted octanol–water partition coefficient (Wildman–Crippen LogP) is 4.93. The Kier molecular flexibility index (Phi) is 4.08. The van der Waals surface area contributed by atoms with Gasteiger partial charge in [-0.2, -0.15) is 0 Å². The van der Waals surface area contributed by atoms with Crippen molar-refractivity contribution in [1.82, 2.24) is 0 Å². The van der Waals surface area contributed by atoms with Gasteiger partial charge in [-0.25, -0.2) is 4.39 Å². The minimum atomic E-state index is -1.00. The molecule has 1 aliphatic rings. The molecule has 0 amide bonds. The molecule has 16 heavy (non-hydrogen) atoms. The molecule has 0 heterocycles. The SMILES string of the molecule is CC(C)C1C(C)CC(C)C(C(C)C)C1(C)F. The second-order valence-electron chi connectivity index (χ2n) is 6.88. The molecule has 0 saturated heterocycles. The molecule has 0 N–H and O–H groups in total. The zero-order chi connectivity index (χ0) is 12.7. The number of alkyl halides is 1. The highest BCUT2D eigenvalue weighted by Gasteiger charge is 2.52. The van der Waals surface area contributed by atoms with Gasteiger partial charge < -0.3 is 0 Å². The topological polar surface area (TPSA) is 0 Å². The van der Waals surface area contributed by atoms with E-state index in [-0.39, 0.29) is 11.8 Å². The van der Waals surface area contributed by atoms with Crippen LogP contribution in [-0.4, -0.2) is 5.67 Å². The van der Waals surface area contributed by atoms with Crippen molar-refractivity contribution >= 4 is 0 Å². The Bertz CT molecular complexity index is 208. The molecule has 1 saturated carbocycles. The standard InChI is InChI=1S/C15H29F/c1-9(2)13-11(5)8-12(6)14(10(3)4)15(13,7)16/h9-14H,8H2,1-7H3. The molecule has 0 aromatic carbocycles. The van der Waals surface area contributed by atoms with E-state index in [2.05, 4.69) is 41.5 Å². The Morgan fingerprint density at radius 1 is 0.938 bits per heavy atom. The van der Waals surface area contributed by atoms with Gasteiger partial charge in [-0.3, -0.25) is 0 Å². The maximum absolute atomic E-state index is 15.2. The highest BCUT2D eigenvalue weighted by atomic mass is 19.1. The van der Waals surface area contributed by atoms with E-state index >= 15 is 4.39 Å². The van der Waals surface area contributed by atoms with Crippen LogP contribution < -0.4 is 0 Å². The molecule has 1 aliphatic carbocycles. The first-order valence-electron chi connectivity index (χ1n) is 6.88. The summed E-state index contributed by atoms with van der Waals surface area (Å²) in [6, 6.07) is 0. The molecule has 0 aromatic heterocycles. The molecule has 1 heteroatoms. The first-order valence-corrected chi connectivity index (χ1v) is 6.88. The third kappa shape index (κ3) is 2.28. The number of halogens is 1. The van der Waals surface area contributed by atoms with E-state index in [0.29, 0.717) is 23.7 Å². The lowest BCUT2D eigenvalue weighted by Crippen LogP contribution is -2.52. The second-order valence-corrected chi connectivity index (χ2v) is 6.88. The van der Waals surface area contributed by atoms with Gasteiger partial charge in [0.05, 0.1) is 0 Å². The summed E-state index contributed by atoms with van der Waals surface area (Å²) >= 11 is 0. The first kappa shape index (κ1) is 14.0. The van der Waals surface area contributed by atoms with Gasteiger partial charge in [0.1, 0.15) is 5.67 Å². The van der Waals surface area contributed by atoms with Crippen LogP contribution in [0.5, 0.6) is 0 Å². The third-order valence-electron chi connectivity index (χ3n) is 4.71. The van der Waals surface area contributed by atoms with Crippen LogP contribution in [0.3, 0.4) is 0 Å². The van der Waals surface area contributed by atoms with Crippen molar-refractivity contribution in [2.24, 2.45) is 35.5 Å². The molecule has 0 nitrogen and oxygen atoms in total. The van der Waals surface area contributed by atoms with Crippen LogP contribution in [-0.2, 0) is 0 Å². The summed E-state index contributed by atoms with van der Waals surface area (Å²) in [6.45, 7) is 15.0. The van der Waals surface area contributed by atoms with Crippen LogP contribution >= 0.6 is 0 Å². The normalized spacial score (nSPS) is 45.4. The lowest BCUT2D eigenvalue weighted by atomic mass is 9.56. The molecule has 0 spiro atoms. The van der Waals surface area contributed by atoms with Crippen LogP contribution in [0.4, 0.5) is 4.39 Å². The quantitative estimate of drug-likeness (QED) is 0.628. The summed E-state index contributed by atoms with van der Waals surface area (Å²) in [5.74, 6) is 2.35.